The number of halogens is 1. The van der Waals surface area contributed by atoms with Gasteiger partial charge in [0.15, 0.2) is 11.6 Å². The van der Waals surface area contributed by atoms with E-state index in [-0.39, 0.29) is 11.4 Å². The third-order valence-electron chi connectivity index (χ3n) is 2.38. The molecular formula is C11H10FN3O3. The van der Waals surface area contributed by atoms with Crippen molar-refractivity contribution in [2.75, 3.05) is 12.8 Å². The molecule has 0 aliphatic carbocycles. The quantitative estimate of drug-likeness (QED) is 0.698. The smallest absolute Gasteiger partial charge is 0.341 e. The summed E-state index contributed by atoms with van der Waals surface area (Å²) in [7, 11) is 1.14. The number of methoxy groups -OCH3 is 1. The van der Waals surface area contributed by atoms with Crippen LogP contribution in [0, 0.1) is 5.82 Å². The van der Waals surface area contributed by atoms with Crippen molar-refractivity contribution in [2.24, 2.45) is 0 Å². The fraction of sp³-hybridized carbons (Fsp3) is 0.0909. The van der Waals surface area contributed by atoms with E-state index in [4.69, 9.17) is 5.73 Å². The predicted molar refractivity (Wildman–Crippen MR) is 61.4 cm³/mol. The Morgan fingerprint density at radius 1 is 1.50 bits per heavy atom. The number of nitrogens with one attached hydrogen (secondary N) is 1. The first kappa shape index (κ1) is 11.9. The number of esters is 1. The maximum Gasteiger partial charge on any atom is 0.341 e. The van der Waals surface area contributed by atoms with Crippen LogP contribution in [0.3, 0.4) is 0 Å². The molecule has 0 unspecified atom stereocenters. The zero-order chi connectivity index (χ0) is 13.3. The number of carbonyl (C=O) groups is 1. The third-order valence-corrected chi connectivity index (χ3v) is 2.38. The molecule has 0 atom stereocenters. The second-order valence-corrected chi connectivity index (χ2v) is 3.55. The number of anilines is 1. The Morgan fingerprint density at radius 3 is 2.78 bits per heavy atom. The van der Waals surface area contributed by atoms with E-state index >= 15 is 0 Å². The van der Waals surface area contributed by atoms with E-state index in [0.29, 0.717) is 11.3 Å². The van der Waals surface area contributed by atoms with Crippen molar-refractivity contribution < 1.29 is 19.0 Å². The number of phenols is 1. The van der Waals surface area contributed by atoms with Crippen LogP contribution < -0.4 is 5.73 Å². The largest absolute Gasteiger partial charge is 0.504 e. The topological polar surface area (TPSA) is 101 Å². The van der Waals surface area contributed by atoms with Crippen LogP contribution in [0.2, 0.25) is 0 Å². The average molecular weight is 251 g/mol. The van der Waals surface area contributed by atoms with Crippen molar-refractivity contribution >= 4 is 11.8 Å². The molecule has 0 saturated carbocycles. The highest BCUT2D eigenvalue weighted by atomic mass is 19.1. The molecule has 1 heterocycles. The van der Waals surface area contributed by atoms with Crippen molar-refractivity contribution in [3.8, 4) is 17.0 Å². The first-order valence-corrected chi connectivity index (χ1v) is 4.95. The van der Waals surface area contributed by atoms with Crippen LogP contribution in [-0.2, 0) is 4.74 Å². The molecule has 0 aliphatic rings. The molecule has 0 spiro atoms. The van der Waals surface area contributed by atoms with Gasteiger partial charge < -0.3 is 15.6 Å². The van der Waals surface area contributed by atoms with Crippen molar-refractivity contribution in [1.82, 2.24) is 10.2 Å². The Morgan fingerprint density at radius 2 is 2.22 bits per heavy atom. The molecular weight excluding hydrogens is 241 g/mol. The van der Waals surface area contributed by atoms with Crippen molar-refractivity contribution in [3.63, 3.8) is 0 Å². The number of hydrogen-bond donors (Lipinski definition) is 3. The van der Waals surface area contributed by atoms with Crippen LogP contribution in [0.25, 0.3) is 11.3 Å². The highest BCUT2D eigenvalue weighted by Gasteiger charge is 2.18. The van der Waals surface area contributed by atoms with Crippen molar-refractivity contribution in [3.05, 3.63) is 29.6 Å². The number of H-pyrrole nitrogens is 1. The molecule has 7 heteroatoms. The van der Waals surface area contributed by atoms with Crippen LogP contribution in [0.15, 0.2) is 18.2 Å². The molecule has 2 rings (SSSR count). The Labute approximate surface area is 101 Å². The van der Waals surface area contributed by atoms with E-state index in [1.165, 1.54) is 12.1 Å². The Balaban J connectivity index is 2.57. The van der Waals surface area contributed by atoms with E-state index in [0.717, 1.165) is 13.2 Å². The van der Waals surface area contributed by atoms with Crippen LogP contribution in [0.1, 0.15) is 10.4 Å². The summed E-state index contributed by atoms with van der Waals surface area (Å²) in [5.74, 6) is -2.28. The molecule has 0 aliphatic heterocycles. The average Bonchev–Trinajstić information content (AvgIpc) is 2.78. The van der Waals surface area contributed by atoms with E-state index in [9.17, 15) is 14.3 Å². The summed E-state index contributed by atoms with van der Waals surface area (Å²) < 4.78 is 18.0. The highest BCUT2D eigenvalue weighted by Crippen LogP contribution is 2.29. The van der Waals surface area contributed by atoms with E-state index in [1.807, 2.05) is 0 Å². The fourth-order valence-corrected chi connectivity index (χ4v) is 1.51. The molecule has 4 N–H and O–H groups in total. The number of nitrogens with two attached hydrogens (primary N) is 1. The lowest BCUT2D eigenvalue weighted by Gasteiger charge is -2.06. The summed E-state index contributed by atoms with van der Waals surface area (Å²) in [6.07, 6.45) is 0. The standard InChI is InChI=1S/C11H10FN3O3/c1-18-11(17)6-2-5(3-7(12)10(6)16)8-4-9(13)15-14-8/h2-4,16H,1H3,(H3,13,14,15). The number of aromatic nitrogens is 2. The van der Waals surface area contributed by atoms with Gasteiger partial charge in [-0.15, -0.1) is 0 Å². The number of rotatable bonds is 2. The van der Waals surface area contributed by atoms with E-state index in [2.05, 4.69) is 14.9 Å². The lowest BCUT2D eigenvalue weighted by Crippen LogP contribution is -2.03. The Hall–Kier alpha value is -2.57. The molecule has 0 radical (unpaired) electrons. The molecule has 0 bridgehead atoms. The number of ether oxygens (including phenoxy) is 1. The first-order valence-electron chi connectivity index (χ1n) is 4.95. The molecule has 2 aromatic rings. The predicted octanol–water partition coefficient (Wildman–Crippen LogP) is 1.29. The van der Waals surface area contributed by atoms with Gasteiger partial charge in [0, 0.05) is 11.6 Å². The van der Waals surface area contributed by atoms with Crippen molar-refractivity contribution in [2.45, 2.75) is 0 Å². The number of aromatic amines is 1. The molecule has 94 valence electrons. The van der Waals surface area contributed by atoms with Crippen molar-refractivity contribution in [1.29, 1.82) is 0 Å². The summed E-state index contributed by atoms with van der Waals surface area (Å²) in [6, 6.07) is 3.83. The van der Waals surface area contributed by atoms with Gasteiger partial charge in [-0.05, 0) is 12.1 Å². The summed E-state index contributed by atoms with van der Waals surface area (Å²) in [6.45, 7) is 0. The zero-order valence-electron chi connectivity index (χ0n) is 9.40. The number of nitrogens with zero attached hydrogens (tertiary/aromatic N) is 1. The first-order chi connectivity index (χ1) is 8.52. The molecule has 0 amide bonds. The van der Waals surface area contributed by atoms with Crippen LogP contribution in [-0.4, -0.2) is 28.4 Å². The van der Waals surface area contributed by atoms with Gasteiger partial charge in [-0.3, -0.25) is 5.10 Å². The normalized spacial score (nSPS) is 10.3. The Kier molecular flexibility index (Phi) is 2.88. The van der Waals surface area contributed by atoms with E-state index in [1.54, 1.807) is 0 Å². The molecule has 1 aromatic carbocycles. The molecule has 18 heavy (non-hydrogen) atoms. The summed E-state index contributed by atoms with van der Waals surface area (Å²) in [4.78, 5) is 11.4. The van der Waals surface area contributed by atoms with Gasteiger partial charge in [0.25, 0.3) is 0 Å². The zero-order valence-corrected chi connectivity index (χ0v) is 9.40. The highest BCUT2D eigenvalue weighted by molar-refractivity contribution is 5.94. The molecule has 0 fully saturated rings. The van der Waals surface area contributed by atoms with Gasteiger partial charge in [-0.25, -0.2) is 9.18 Å². The molecule has 0 saturated heterocycles. The van der Waals surface area contributed by atoms with Crippen LogP contribution in [0.5, 0.6) is 5.75 Å². The number of hydrogen-bond acceptors (Lipinski definition) is 5. The van der Waals surface area contributed by atoms with Gasteiger partial charge in [0.1, 0.15) is 11.4 Å². The van der Waals surface area contributed by atoms with Gasteiger partial charge in [-0.1, -0.05) is 0 Å². The summed E-state index contributed by atoms with van der Waals surface area (Å²) in [5, 5.41) is 15.7. The van der Waals surface area contributed by atoms with Crippen LogP contribution >= 0.6 is 0 Å². The second-order valence-electron chi connectivity index (χ2n) is 3.55. The SMILES string of the molecule is COC(=O)c1cc(-c2cc(N)n[nH]2)cc(F)c1O. The minimum Gasteiger partial charge on any atom is -0.504 e. The Bertz CT molecular complexity index is 610. The van der Waals surface area contributed by atoms with Crippen LogP contribution in [0.4, 0.5) is 10.2 Å². The number of benzene rings is 1. The van der Waals surface area contributed by atoms with Gasteiger partial charge in [-0.2, -0.15) is 5.10 Å². The monoisotopic (exact) mass is 251 g/mol. The maximum absolute atomic E-state index is 13.5. The maximum atomic E-state index is 13.5. The number of carbonyl (C=O) groups excluding carboxylic acids is 1. The number of aromatic hydroxyl groups is 1. The second kappa shape index (κ2) is 4.36. The minimum atomic E-state index is -0.930. The van der Waals surface area contributed by atoms with Gasteiger partial charge in [0.05, 0.1) is 12.8 Å². The van der Waals surface area contributed by atoms with E-state index < -0.39 is 17.5 Å². The summed E-state index contributed by atoms with van der Waals surface area (Å²) in [5.41, 5.74) is 5.92. The molecule has 6 nitrogen and oxygen atoms in total. The fourth-order valence-electron chi connectivity index (χ4n) is 1.51. The lowest BCUT2D eigenvalue weighted by atomic mass is 10.1. The molecule has 1 aromatic heterocycles. The lowest BCUT2D eigenvalue weighted by molar-refractivity contribution is 0.0596. The summed E-state index contributed by atoms with van der Waals surface area (Å²) >= 11 is 0. The third kappa shape index (κ3) is 1.97. The van der Waals surface area contributed by atoms with Gasteiger partial charge >= 0.3 is 5.97 Å². The number of nitrogen functional groups attached to an aromatic ring is 1. The number of phenolic OH excluding ortho intramolecular Hbond substituents is 1. The minimum absolute atomic E-state index is 0.234. The van der Waals surface area contributed by atoms with Gasteiger partial charge in [0.2, 0.25) is 0 Å².